The third-order valence-electron chi connectivity index (χ3n) is 2.99. The second-order valence-electron chi connectivity index (χ2n) is 3.76. The van der Waals surface area contributed by atoms with Gasteiger partial charge in [-0.2, -0.15) is 0 Å². The quantitative estimate of drug-likeness (QED) is 0.733. The molecule has 1 aromatic carbocycles. The van der Waals surface area contributed by atoms with Crippen molar-refractivity contribution in [2.75, 3.05) is 13.7 Å². The fourth-order valence-corrected chi connectivity index (χ4v) is 2.30. The van der Waals surface area contributed by atoms with Crippen molar-refractivity contribution in [1.29, 1.82) is 0 Å². The second kappa shape index (κ2) is 2.89. The van der Waals surface area contributed by atoms with E-state index in [0.29, 0.717) is 6.54 Å². The molecule has 0 saturated carbocycles. The van der Waals surface area contributed by atoms with Gasteiger partial charge in [-0.25, -0.2) is 0 Å². The Labute approximate surface area is 87.2 Å². The molecule has 78 valence electrons. The maximum atomic E-state index is 11.4. The maximum absolute atomic E-state index is 11.4. The van der Waals surface area contributed by atoms with Crippen LogP contribution in [0.15, 0.2) is 18.2 Å². The van der Waals surface area contributed by atoms with E-state index in [1.807, 2.05) is 18.2 Å². The number of rotatable bonds is 1. The van der Waals surface area contributed by atoms with Gasteiger partial charge in [0.1, 0.15) is 11.5 Å². The molecule has 1 amide bonds. The highest BCUT2D eigenvalue weighted by molar-refractivity contribution is 5.86. The molecule has 0 aromatic heterocycles. The van der Waals surface area contributed by atoms with Gasteiger partial charge in [0, 0.05) is 12.1 Å². The molecule has 2 aliphatic rings. The van der Waals surface area contributed by atoms with Crippen LogP contribution in [0.25, 0.3) is 0 Å². The average molecular weight is 205 g/mol. The predicted octanol–water partition coefficient (Wildman–Crippen LogP) is 0.670. The normalized spacial score (nSPS) is 26.6. The van der Waals surface area contributed by atoms with Crippen molar-refractivity contribution < 1.29 is 14.3 Å². The molecule has 4 nitrogen and oxygen atoms in total. The van der Waals surface area contributed by atoms with Crippen molar-refractivity contribution in [3.8, 4) is 11.5 Å². The summed E-state index contributed by atoms with van der Waals surface area (Å²) in [5.74, 6) is 1.65. The molecule has 2 aliphatic heterocycles. The Morgan fingerprint density at radius 2 is 2.40 bits per heavy atom. The fourth-order valence-electron chi connectivity index (χ4n) is 2.30. The zero-order chi connectivity index (χ0) is 10.4. The van der Waals surface area contributed by atoms with Gasteiger partial charge in [-0.15, -0.1) is 0 Å². The molecule has 2 atom stereocenters. The summed E-state index contributed by atoms with van der Waals surface area (Å²) in [5.41, 5.74) is 1.02. The summed E-state index contributed by atoms with van der Waals surface area (Å²) in [7, 11) is 1.63. The van der Waals surface area contributed by atoms with Crippen LogP contribution in [0.2, 0.25) is 0 Å². The SMILES string of the molecule is COc1cccc2c1[C@@H]1CNC(=O)[C@@H]1O2. The average Bonchev–Trinajstić information content (AvgIpc) is 2.78. The zero-order valence-electron chi connectivity index (χ0n) is 8.32. The molecule has 0 aliphatic carbocycles. The topological polar surface area (TPSA) is 47.6 Å². The van der Waals surface area contributed by atoms with E-state index in [1.165, 1.54) is 0 Å². The highest BCUT2D eigenvalue weighted by Gasteiger charge is 2.45. The first kappa shape index (κ1) is 8.59. The summed E-state index contributed by atoms with van der Waals surface area (Å²) in [5, 5.41) is 2.79. The third kappa shape index (κ3) is 1.04. The third-order valence-corrected chi connectivity index (χ3v) is 2.99. The van der Waals surface area contributed by atoms with Gasteiger partial charge in [-0.05, 0) is 12.1 Å². The minimum absolute atomic E-state index is 0.0294. The number of amides is 1. The van der Waals surface area contributed by atoms with E-state index in [2.05, 4.69) is 5.32 Å². The van der Waals surface area contributed by atoms with Crippen molar-refractivity contribution in [3.05, 3.63) is 23.8 Å². The van der Waals surface area contributed by atoms with Crippen LogP contribution in [-0.2, 0) is 4.79 Å². The van der Waals surface area contributed by atoms with Crippen molar-refractivity contribution in [2.24, 2.45) is 0 Å². The lowest BCUT2D eigenvalue weighted by molar-refractivity contribution is -0.124. The molecule has 1 aromatic rings. The maximum Gasteiger partial charge on any atom is 0.261 e. The fraction of sp³-hybridized carbons (Fsp3) is 0.364. The zero-order valence-corrected chi connectivity index (χ0v) is 8.32. The van der Waals surface area contributed by atoms with Gasteiger partial charge in [0.2, 0.25) is 0 Å². The smallest absolute Gasteiger partial charge is 0.261 e. The first-order valence-electron chi connectivity index (χ1n) is 4.92. The minimum atomic E-state index is -0.365. The molecular weight excluding hydrogens is 194 g/mol. The highest BCUT2D eigenvalue weighted by Crippen LogP contribution is 2.45. The molecule has 4 heteroatoms. The minimum Gasteiger partial charge on any atom is -0.496 e. The summed E-state index contributed by atoms with van der Waals surface area (Å²) in [6, 6.07) is 5.65. The van der Waals surface area contributed by atoms with Crippen LogP contribution in [0.4, 0.5) is 0 Å². The molecule has 1 saturated heterocycles. The Morgan fingerprint density at radius 1 is 1.53 bits per heavy atom. The molecule has 0 unspecified atom stereocenters. The number of benzene rings is 1. The van der Waals surface area contributed by atoms with E-state index in [-0.39, 0.29) is 17.9 Å². The Bertz CT molecular complexity index is 430. The van der Waals surface area contributed by atoms with E-state index in [4.69, 9.17) is 9.47 Å². The number of nitrogens with one attached hydrogen (secondary N) is 1. The largest absolute Gasteiger partial charge is 0.496 e. The molecule has 0 spiro atoms. The van der Waals surface area contributed by atoms with Crippen LogP contribution < -0.4 is 14.8 Å². The van der Waals surface area contributed by atoms with Crippen LogP contribution in [0.3, 0.4) is 0 Å². The lowest BCUT2D eigenvalue weighted by Crippen LogP contribution is -2.26. The Hall–Kier alpha value is -1.71. The lowest BCUT2D eigenvalue weighted by Gasteiger charge is -2.08. The van der Waals surface area contributed by atoms with Crippen LogP contribution in [0.5, 0.6) is 11.5 Å². The second-order valence-corrected chi connectivity index (χ2v) is 3.76. The van der Waals surface area contributed by atoms with Crippen LogP contribution in [0, 0.1) is 0 Å². The van der Waals surface area contributed by atoms with E-state index < -0.39 is 0 Å². The Morgan fingerprint density at radius 3 is 3.20 bits per heavy atom. The molecule has 3 rings (SSSR count). The standard InChI is InChI=1S/C11H11NO3/c1-14-7-3-2-4-8-9(7)6-5-12-11(13)10(6)15-8/h2-4,6,10H,5H2,1H3,(H,12,13)/t6-,10+/m0/s1. The monoisotopic (exact) mass is 205 g/mol. The van der Waals surface area contributed by atoms with Gasteiger partial charge in [-0.1, -0.05) is 6.07 Å². The van der Waals surface area contributed by atoms with E-state index in [9.17, 15) is 4.79 Å². The first-order chi connectivity index (χ1) is 7.31. The van der Waals surface area contributed by atoms with Crippen molar-refractivity contribution in [2.45, 2.75) is 12.0 Å². The van der Waals surface area contributed by atoms with Crippen molar-refractivity contribution >= 4 is 5.91 Å². The van der Waals surface area contributed by atoms with E-state index in [0.717, 1.165) is 17.1 Å². The molecule has 2 heterocycles. The van der Waals surface area contributed by atoms with Crippen LogP contribution >= 0.6 is 0 Å². The van der Waals surface area contributed by atoms with Gasteiger partial charge >= 0.3 is 0 Å². The van der Waals surface area contributed by atoms with Gasteiger partial charge < -0.3 is 14.8 Å². The number of hydrogen-bond acceptors (Lipinski definition) is 3. The number of carbonyl (C=O) groups is 1. The number of ether oxygens (including phenoxy) is 2. The van der Waals surface area contributed by atoms with Crippen molar-refractivity contribution in [1.82, 2.24) is 5.32 Å². The summed E-state index contributed by atoms with van der Waals surface area (Å²) >= 11 is 0. The first-order valence-corrected chi connectivity index (χ1v) is 4.92. The summed E-state index contributed by atoms with van der Waals surface area (Å²) in [6.07, 6.45) is -0.365. The summed E-state index contributed by atoms with van der Waals surface area (Å²) < 4.78 is 10.9. The van der Waals surface area contributed by atoms with Gasteiger partial charge in [0.25, 0.3) is 5.91 Å². The molecule has 0 radical (unpaired) electrons. The van der Waals surface area contributed by atoms with Gasteiger partial charge in [-0.3, -0.25) is 4.79 Å². The van der Waals surface area contributed by atoms with Gasteiger partial charge in [0.05, 0.1) is 13.0 Å². The van der Waals surface area contributed by atoms with E-state index >= 15 is 0 Å². The number of fused-ring (bicyclic) bond motifs is 3. The molecular formula is C11H11NO3. The Kier molecular flexibility index (Phi) is 1.65. The summed E-state index contributed by atoms with van der Waals surface area (Å²) in [4.78, 5) is 11.4. The number of carbonyl (C=O) groups excluding carboxylic acids is 1. The molecule has 1 N–H and O–H groups in total. The van der Waals surface area contributed by atoms with Crippen LogP contribution in [-0.4, -0.2) is 25.7 Å². The number of methoxy groups -OCH3 is 1. The predicted molar refractivity (Wildman–Crippen MR) is 53.2 cm³/mol. The van der Waals surface area contributed by atoms with E-state index in [1.54, 1.807) is 7.11 Å². The lowest BCUT2D eigenvalue weighted by atomic mass is 9.97. The Balaban J connectivity index is 2.11. The summed E-state index contributed by atoms with van der Waals surface area (Å²) in [6.45, 7) is 0.636. The molecule has 0 bridgehead atoms. The van der Waals surface area contributed by atoms with Crippen molar-refractivity contribution in [3.63, 3.8) is 0 Å². The van der Waals surface area contributed by atoms with Crippen LogP contribution in [0.1, 0.15) is 11.5 Å². The molecule has 15 heavy (non-hydrogen) atoms. The molecule has 1 fully saturated rings. The van der Waals surface area contributed by atoms with Gasteiger partial charge in [0.15, 0.2) is 6.10 Å². The number of hydrogen-bond donors (Lipinski definition) is 1. The highest BCUT2D eigenvalue weighted by atomic mass is 16.5.